The lowest BCUT2D eigenvalue weighted by Crippen LogP contribution is -2.10. The normalized spacial score (nSPS) is 11.1. The van der Waals surface area contributed by atoms with Crippen molar-refractivity contribution in [3.05, 3.63) is 33.8 Å². The fourth-order valence-electron chi connectivity index (χ4n) is 1.50. The Morgan fingerprint density at radius 3 is 2.71 bits per heavy atom. The average molecular weight is 316 g/mol. The number of benzene rings is 1. The Labute approximate surface area is 111 Å². The van der Waals surface area contributed by atoms with E-state index < -0.39 is 9.84 Å². The summed E-state index contributed by atoms with van der Waals surface area (Å²) in [5.41, 5.74) is 1.79. The van der Waals surface area contributed by atoms with Crippen LogP contribution in [0.25, 0.3) is 0 Å². The van der Waals surface area contributed by atoms with Crippen molar-refractivity contribution in [3.8, 4) is 6.07 Å². The molecule has 0 unspecified atom stereocenters. The monoisotopic (exact) mass is 315 g/mol. The van der Waals surface area contributed by atoms with Crippen molar-refractivity contribution >= 4 is 25.8 Å². The van der Waals surface area contributed by atoms with Crippen molar-refractivity contribution in [3.63, 3.8) is 0 Å². The van der Waals surface area contributed by atoms with Gasteiger partial charge in [-0.3, -0.25) is 0 Å². The van der Waals surface area contributed by atoms with Crippen LogP contribution in [0.3, 0.4) is 0 Å². The van der Waals surface area contributed by atoms with Gasteiger partial charge in [-0.1, -0.05) is 22.0 Å². The summed E-state index contributed by atoms with van der Waals surface area (Å²) in [5.74, 6) is 0.133. The number of nitriles is 1. The molecule has 0 atom stereocenters. The largest absolute Gasteiger partial charge is 0.228 e. The molecule has 0 spiro atoms. The van der Waals surface area contributed by atoms with Crippen LogP contribution in [0.2, 0.25) is 0 Å². The minimum atomic E-state index is -3.11. The van der Waals surface area contributed by atoms with E-state index >= 15 is 0 Å². The molecule has 0 aliphatic carbocycles. The summed E-state index contributed by atoms with van der Waals surface area (Å²) in [6.07, 6.45) is 0.701. The predicted molar refractivity (Wildman–Crippen MR) is 71.2 cm³/mol. The van der Waals surface area contributed by atoms with Crippen LogP contribution in [0.4, 0.5) is 0 Å². The molecule has 0 radical (unpaired) electrons. The predicted octanol–water partition coefficient (Wildman–Crippen LogP) is 2.98. The summed E-state index contributed by atoms with van der Waals surface area (Å²) >= 11 is 3.34. The number of halogens is 1. The van der Waals surface area contributed by atoms with Crippen molar-refractivity contribution in [1.82, 2.24) is 0 Å². The van der Waals surface area contributed by atoms with Crippen LogP contribution in [0.15, 0.2) is 22.7 Å². The van der Waals surface area contributed by atoms with E-state index in [4.69, 9.17) is 5.26 Å². The Hall–Kier alpha value is -0.860. The van der Waals surface area contributed by atoms with Gasteiger partial charge in [0, 0.05) is 10.9 Å². The molecule has 92 valence electrons. The molecule has 0 aliphatic rings. The molecule has 17 heavy (non-hydrogen) atoms. The van der Waals surface area contributed by atoms with E-state index in [1.807, 2.05) is 31.2 Å². The first-order valence-corrected chi connectivity index (χ1v) is 7.88. The van der Waals surface area contributed by atoms with Crippen molar-refractivity contribution in [1.29, 1.82) is 5.26 Å². The zero-order valence-corrected chi connectivity index (χ0v) is 12.0. The molecule has 0 heterocycles. The van der Waals surface area contributed by atoms with Gasteiger partial charge in [0.1, 0.15) is 0 Å². The van der Waals surface area contributed by atoms with Gasteiger partial charge in [-0.15, -0.1) is 0 Å². The Morgan fingerprint density at radius 2 is 2.12 bits per heavy atom. The van der Waals surface area contributed by atoms with E-state index in [1.165, 1.54) is 0 Å². The van der Waals surface area contributed by atoms with Crippen LogP contribution in [0.5, 0.6) is 0 Å². The maximum atomic E-state index is 11.8. The highest BCUT2D eigenvalue weighted by atomic mass is 79.9. The lowest BCUT2D eigenvalue weighted by atomic mass is 10.1. The standard InChI is InChI=1S/C12H14BrNO2S/c1-10-8-12(13)5-4-11(10)9-17(15,16)7-3-2-6-14/h4-5,8H,2-3,7,9H2,1H3. The zero-order valence-electron chi connectivity index (χ0n) is 9.61. The number of nitrogens with zero attached hydrogens (tertiary/aromatic N) is 1. The van der Waals surface area contributed by atoms with Gasteiger partial charge in [0.05, 0.1) is 17.6 Å². The van der Waals surface area contributed by atoms with Crippen molar-refractivity contribution in [2.24, 2.45) is 0 Å². The molecule has 0 fully saturated rings. The minimum absolute atomic E-state index is 0.0531. The summed E-state index contributed by atoms with van der Waals surface area (Å²) in [6.45, 7) is 1.89. The molecule has 1 aromatic carbocycles. The van der Waals surface area contributed by atoms with Gasteiger partial charge in [0.2, 0.25) is 0 Å². The van der Waals surface area contributed by atoms with Crippen molar-refractivity contribution in [2.75, 3.05) is 5.75 Å². The van der Waals surface area contributed by atoms with Crippen LogP contribution in [0.1, 0.15) is 24.0 Å². The molecule has 5 heteroatoms. The summed E-state index contributed by atoms with van der Waals surface area (Å²) < 4.78 is 24.5. The number of sulfone groups is 1. The summed E-state index contributed by atoms with van der Waals surface area (Å²) in [6, 6.07) is 7.52. The highest BCUT2D eigenvalue weighted by molar-refractivity contribution is 9.10. The quantitative estimate of drug-likeness (QED) is 0.785. The second-order valence-corrected chi connectivity index (χ2v) is 7.02. The molecule has 3 nitrogen and oxygen atoms in total. The smallest absolute Gasteiger partial charge is 0.154 e. The van der Waals surface area contributed by atoms with Crippen LogP contribution < -0.4 is 0 Å². The minimum Gasteiger partial charge on any atom is -0.228 e. The molecule has 1 aromatic rings. The van der Waals surface area contributed by atoms with Gasteiger partial charge in [-0.2, -0.15) is 5.26 Å². The third-order valence-electron chi connectivity index (χ3n) is 2.42. The summed E-state index contributed by atoms with van der Waals surface area (Å²) in [4.78, 5) is 0. The van der Waals surface area contributed by atoms with E-state index in [-0.39, 0.29) is 11.5 Å². The Bertz CT molecular complexity index is 532. The van der Waals surface area contributed by atoms with E-state index in [1.54, 1.807) is 0 Å². The number of hydrogen-bond acceptors (Lipinski definition) is 3. The van der Waals surface area contributed by atoms with Gasteiger partial charge in [0.15, 0.2) is 9.84 Å². The Morgan fingerprint density at radius 1 is 1.41 bits per heavy atom. The third-order valence-corrected chi connectivity index (χ3v) is 4.58. The van der Waals surface area contributed by atoms with Gasteiger partial charge >= 0.3 is 0 Å². The zero-order chi connectivity index (χ0) is 12.9. The van der Waals surface area contributed by atoms with Gasteiger partial charge < -0.3 is 0 Å². The SMILES string of the molecule is Cc1cc(Br)ccc1CS(=O)(=O)CCCC#N. The van der Waals surface area contributed by atoms with Crippen molar-refractivity contribution < 1.29 is 8.42 Å². The molecule has 0 saturated carbocycles. The Kier molecular flexibility index (Phi) is 5.16. The highest BCUT2D eigenvalue weighted by Gasteiger charge is 2.13. The second kappa shape index (κ2) is 6.18. The van der Waals surface area contributed by atoms with Gasteiger partial charge in [-0.05, 0) is 36.6 Å². The molecule has 0 N–H and O–H groups in total. The van der Waals surface area contributed by atoms with Crippen LogP contribution in [0, 0.1) is 18.3 Å². The molecular formula is C12H14BrNO2S. The molecule has 1 rings (SSSR count). The first-order chi connectivity index (χ1) is 7.94. The van der Waals surface area contributed by atoms with Crippen LogP contribution in [-0.4, -0.2) is 14.2 Å². The number of aryl methyl sites for hydroxylation is 1. The van der Waals surface area contributed by atoms with E-state index in [9.17, 15) is 8.42 Å². The average Bonchev–Trinajstić information content (AvgIpc) is 2.22. The lowest BCUT2D eigenvalue weighted by Gasteiger charge is -2.07. The van der Waals surface area contributed by atoms with Gasteiger partial charge in [-0.25, -0.2) is 8.42 Å². The summed E-state index contributed by atoms with van der Waals surface area (Å²) in [5, 5.41) is 8.38. The fraction of sp³-hybridized carbons (Fsp3) is 0.417. The molecule has 0 amide bonds. The number of rotatable bonds is 5. The topological polar surface area (TPSA) is 57.9 Å². The molecule has 0 saturated heterocycles. The van der Waals surface area contributed by atoms with Crippen LogP contribution in [-0.2, 0) is 15.6 Å². The molecule has 0 bridgehead atoms. The van der Waals surface area contributed by atoms with Crippen molar-refractivity contribution in [2.45, 2.75) is 25.5 Å². The Balaban J connectivity index is 2.73. The summed E-state index contributed by atoms with van der Waals surface area (Å²) in [7, 11) is -3.11. The molecule has 0 aliphatic heterocycles. The van der Waals surface area contributed by atoms with E-state index in [0.717, 1.165) is 15.6 Å². The third kappa shape index (κ3) is 4.88. The lowest BCUT2D eigenvalue weighted by molar-refractivity contribution is 0.593. The van der Waals surface area contributed by atoms with Crippen LogP contribution >= 0.6 is 15.9 Å². The first-order valence-electron chi connectivity index (χ1n) is 5.27. The van der Waals surface area contributed by atoms with E-state index in [2.05, 4.69) is 15.9 Å². The van der Waals surface area contributed by atoms with Gasteiger partial charge in [0.25, 0.3) is 0 Å². The van der Waals surface area contributed by atoms with E-state index in [0.29, 0.717) is 12.8 Å². The number of unbranched alkanes of at least 4 members (excludes halogenated alkanes) is 1. The highest BCUT2D eigenvalue weighted by Crippen LogP contribution is 2.18. The molecular weight excluding hydrogens is 302 g/mol. The maximum absolute atomic E-state index is 11.8. The first kappa shape index (κ1) is 14.2. The number of hydrogen-bond donors (Lipinski definition) is 0. The molecule has 0 aromatic heterocycles. The maximum Gasteiger partial charge on any atom is 0.154 e. The fourth-order valence-corrected chi connectivity index (χ4v) is 3.50. The second-order valence-electron chi connectivity index (χ2n) is 3.92.